The number of aromatic nitrogens is 2. The molecule has 0 saturated carbocycles. The van der Waals surface area contributed by atoms with Crippen LogP contribution in [0, 0.1) is 13.8 Å². The van der Waals surface area contributed by atoms with Crippen LogP contribution < -0.4 is 9.47 Å². The normalized spacial score (nSPS) is 13.4. The third-order valence-electron chi connectivity index (χ3n) is 3.01. The Morgan fingerprint density at radius 1 is 1.05 bits per heavy atom. The molecule has 1 aromatic heterocycles. The van der Waals surface area contributed by atoms with E-state index in [1.807, 2.05) is 32.0 Å². The first-order valence-electron chi connectivity index (χ1n) is 6.06. The molecule has 0 bridgehead atoms. The van der Waals surface area contributed by atoms with Gasteiger partial charge in [0.05, 0.1) is 5.69 Å². The molecule has 0 radical (unpaired) electrons. The molecule has 5 heteroatoms. The van der Waals surface area contributed by atoms with Gasteiger partial charge in [-0.05, 0) is 32.0 Å². The third-order valence-corrected chi connectivity index (χ3v) is 3.38. The average Bonchev–Trinajstić information content (AvgIpc) is 2.42. The van der Waals surface area contributed by atoms with Gasteiger partial charge in [0.25, 0.3) is 0 Å². The van der Waals surface area contributed by atoms with Crippen LogP contribution in [0.25, 0.3) is 11.3 Å². The smallest absolute Gasteiger partial charge is 0.162 e. The maximum absolute atomic E-state index is 6.11. The van der Waals surface area contributed by atoms with Crippen LogP contribution in [0.2, 0.25) is 5.15 Å². The first-order chi connectivity index (χ1) is 9.15. The van der Waals surface area contributed by atoms with Gasteiger partial charge in [0, 0.05) is 11.1 Å². The van der Waals surface area contributed by atoms with Crippen LogP contribution in [0.3, 0.4) is 0 Å². The van der Waals surface area contributed by atoms with E-state index in [1.165, 1.54) is 0 Å². The molecule has 0 unspecified atom stereocenters. The van der Waals surface area contributed by atoms with Crippen LogP contribution in [0.5, 0.6) is 11.5 Å². The molecule has 2 aromatic rings. The second kappa shape index (κ2) is 4.70. The van der Waals surface area contributed by atoms with Crippen molar-refractivity contribution in [2.24, 2.45) is 0 Å². The van der Waals surface area contributed by atoms with Gasteiger partial charge in [0.1, 0.15) is 24.2 Å². The zero-order valence-electron chi connectivity index (χ0n) is 10.7. The number of benzene rings is 1. The van der Waals surface area contributed by atoms with Crippen molar-refractivity contribution in [1.82, 2.24) is 9.97 Å². The molecular formula is C14H13ClN2O2. The molecule has 0 fully saturated rings. The second-order valence-corrected chi connectivity index (χ2v) is 4.75. The van der Waals surface area contributed by atoms with E-state index in [9.17, 15) is 0 Å². The molecule has 0 N–H and O–H groups in total. The van der Waals surface area contributed by atoms with Gasteiger partial charge < -0.3 is 9.47 Å². The predicted molar refractivity (Wildman–Crippen MR) is 72.9 cm³/mol. The lowest BCUT2D eigenvalue weighted by atomic mass is 10.1. The number of aryl methyl sites for hydroxylation is 1. The lowest BCUT2D eigenvalue weighted by Crippen LogP contribution is -2.15. The van der Waals surface area contributed by atoms with Crippen molar-refractivity contribution in [3.05, 3.63) is 34.7 Å². The van der Waals surface area contributed by atoms with Gasteiger partial charge in [-0.25, -0.2) is 9.97 Å². The minimum atomic E-state index is 0.484. The quantitative estimate of drug-likeness (QED) is 0.751. The molecule has 0 aliphatic carbocycles. The van der Waals surface area contributed by atoms with Crippen LogP contribution in [0.4, 0.5) is 0 Å². The van der Waals surface area contributed by atoms with E-state index in [4.69, 9.17) is 21.1 Å². The topological polar surface area (TPSA) is 44.2 Å². The summed E-state index contributed by atoms with van der Waals surface area (Å²) in [6, 6.07) is 5.78. The lowest BCUT2D eigenvalue weighted by Gasteiger charge is -2.19. The van der Waals surface area contributed by atoms with Gasteiger partial charge in [-0.1, -0.05) is 11.6 Å². The molecule has 4 nitrogen and oxygen atoms in total. The maximum Gasteiger partial charge on any atom is 0.162 e. The zero-order chi connectivity index (χ0) is 13.4. The highest BCUT2D eigenvalue weighted by molar-refractivity contribution is 6.30. The highest BCUT2D eigenvalue weighted by Crippen LogP contribution is 2.35. The van der Waals surface area contributed by atoms with E-state index in [2.05, 4.69) is 9.97 Å². The van der Waals surface area contributed by atoms with E-state index >= 15 is 0 Å². The number of fused-ring (bicyclic) bond motifs is 1. The Kier molecular flexibility index (Phi) is 3.03. The van der Waals surface area contributed by atoms with Gasteiger partial charge in [-0.3, -0.25) is 0 Å². The molecule has 2 heterocycles. The number of hydrogen-bond donors (Lipinski definition) is 0. The minimum Gasteiger partial charge on any atom is -0.486 e. The fourth-order valence-electron chi connectivity index (χ4n) is 2.07. The Morgan fingerprint density at radius 3 is 2.58 bits per heavy atom. The van der Waals surface area contributed by atoms with Crippen LogP contribution >= 0.6 is 11.6 Å². The van der Waals surface area contributed by atoms with E-state index in [0.717, 1.165) is 28.3 Å². The first kappa shape index (κ1) is 12.2. The van der Waals surface area contributed by atoms with Gasteiger partial charge in [0.2, 0.25) is 0 Å². The summed E-state index contributed by atoms with van der Waals surface area (Å²) in [6.07, 6.45) is 0. The summed E-state index contributed by atoms with van der Waals surface area (Å²) in [6.45, 7) is 4.89. The van der Waals surface area contributed by atoms with Crippen molar-refractivity contribution in [3.63, 3.8) is 0 Å². The number of halogens is 1. The van der Waals surface area contributed by atoms with Crippen LogP contribution in [-0.2, 0) is 0 Å². The monoisotopic (exact) mass is 276 g/mol. The summed E-state index contributed by atoms with van der Waals surface area (Å²) in [5, 5.41) is 0.484. The molecule has 1 aromatic carbocycles. The van der Waals surface area contributed by atoms with E-state index in [1.54, 1.807) is 0 Å². The largest absolute Gasteiger partial charge is 0.486 e. The highest BCUT2D eigenvalue weighted by Gasteiger charge is 2.15. The van der Waals surface area contributed by atoms with Gasteiger partial charge in [-0.15, -0.1) is 0 Å². The summed E-state index contributed by atoms with van der Waals surface area (Å²) in [5.74, 6) is 2.17. The third kappa shape index (κ3) is 2.24. The summed E-state index contributed by atoms with van der Waals surface area (Å²) in [4.78, 5) is 8.61. The van der Waals surface area contributed by atoms with Crippen molar-refractivity contribution in [3.8, 4) is 22.8 Å². The Morgan fingerprint density at radius 2 is 1.79 bits per heavy atom. The van der Waals surface area contributed by atoms with Crippen molar-refractivity contribution >= 4 is 11.6 Å². The van der Waals surface area contributed by atoms with Crippen LogP contribution in [-0.4, -0.2) is 23.2 Å². The molecule has 0 spiro atoms. The van der Waals surface area contributed by atoms with E-state index in [-0.39, 0.29) is 0 Å². The molecular weight excluding hydrogens is 264 g/mol. The molecule has 0 amide bonds. The molecule has 19 heavy (non-hydrogen) atoms. The zero-order valence-corrected chi connectivity index (χ0v) is 11.5. The summed E-state index contributed by atoms with van der Waals surface area (Å²) >= 11 is 6.11. The minimum absolute atomic E-state index is 0.484. The summed E-state index contributed by atoms with van der Waals surface area (Å²) in [7, 11) is 0. The fraction of sp³-hybridized carbons (Fsp3) is 0.286. The molecule has 3 rings (SSSR count). The Bertz CT molecular complexity index is 644. The summed E-state index contributed by atoms with van der Waals surface area (Å²) in [5.41, 5.74) is 2.65. The van der Waals surface area contributed by atoms with Gasteiger partial charge in [0.15, 0.2) is 11.5 Å². The Hall–Kier alpha value is -1.81. The maximum atomic E-state index is 6.11. The standard InChI is InChI=1S/C14H13ClN2O2/c1-8-13(16-9(2)17-14(8)15)10-3-4-11-12(7-10)19-6-5-18-11/h3-4,7H,5-6H2,1-2H3. The van der Waals surface area contributed by atoms with Crippen molar-refractivity contribution in [2.45, 2.75) is 13.8 Å². The van der Waals surface area contributed by atoms with Crippen molar-refractivity contribution < 1.29 is 9.47 Å². The molecule has 0 atom stereocenters. The van der Waals surface area contributed by atoms with Crippen molar-refractivity contribution in [1.29, 1.82) is 0 Å². The SMILES string of the molecule is Cc1nc(Cl)c(C)c(-c2ccc3c(c2)OCCO3)n1. The van der Waals surface area contributed by atoms with Crippen LogP contribution in [0.1, 0.15) is 11.4 Å². The average molecular weight is 277 g/mol. The predicted octanol–water partition coefficient (Wildman–Crippen LogP) is 3.19. The lowest BCUT2D eigenvalue weighted by molar-refractivity contribution is 0.171. The number of ether oxygens (including phenoxy) is 2. The number of nitrogens with zero attached hydrogens (tertiary/aromatic N) is 2. The molecule has 98 valence electrons. The number of rotatable bonds is 1. The van der Waals surface area contributed by atoms with E-state index in [0.29, 0.717) is 24.2 Å². The van der Waals surface area contributed by atoms with Gasteiger partial charge in [-0.2, -0.15) is 0 Å². The van der Waals surface area contributed by atoms with Gasteiger partial charge >= 0.3 is 0 Å². The highest BCUT2D eigenvalue weighted by atomic mass is 35.5. The fourth-order valence-corrected chi connectivity index (χ4v) is 2.28. The Labute approximate surface area is 116 Å². The van der Waals surface area contributed by atoms with Crippen molar-refractivity contribution in [2.75, 3.05) is 13.2 Å². The van der Waals surface area contributed by atoms with Crippen LogP contribution in [0.15, 0.2) is 18.2 Å². The summed E-state index contributed by atoms with van der Waals surface area (Å²) < 4.78 is 11.1. The first-order valence-corrected chi connectivity index (χ1v) is 6.44. The molecule has 0 saturated heterocycles. The van der Waals surface area contributed by atoms with E-state index < -0.39 is 0 Å². The number of hydrogen-bond acceptors (Lipinski definition) is 4. The Balaban J connectivity index is 2.12. The second-order valence-electron chi connectivity index (χ2n) is 4.39. The molecule has 1 aliphatic rings. The molecule has 1 aliphatic heterocycles.